The molecule has 0 radical (unpaired) electrons. The topological polar surface area (TPSA) is 70.6 Å². The number of rotatable bonds is 7. The number of nitrogens with zero attached hydrogens (tertiary/aromatic N) is 1. The van der Waals surface area contributed by atoms with E-state index in [2.05, 4.69) is 34.2 Å². The normalized spacial score (nSPS) is 13.9. The van der Waals surface area contributed by atoms with E-state index in [4.69, 9.17) is 10.9 Å². The molecule has 0 aromatic carbocycles. The first kappa shape index (κ1) is 13.0. The van der Waals surface area contributed by atoms with E-state index in [1.807, 2.05) is 0 Å². The largest absolute Gasteiger partial charge is 0.409 e. The second-order valence-electron chi connectivity index (χ2n) is 3.89. The zero-order valence-corrected chi connectivity index (χ0v) is 10.3. The lowest BCUT2D eigenvalue weighted by Gasteiger charge is -2.12. The van der Waals surface area contributed by atoms with Gasteiger partial charge in [-0.1, -0.05) is 5.16 Å². The van der Waals surface area contributed by atoms with Gasteiger partial charge in [-0.15, -0.1) is 0 Å². The van der Waals surface area contributed by atoms with Gasteiger partial charge in [-0.05, 0) is 48.7 Å². The quantitative estimate of drug-likeness (QED) is 0.224. The first-order chi connectivity index (χ1) is 7.72. The summed E-state index contributed by atoms with van der Waals surface area (Å²) in [7, 11) is 0. The molecule has 0 amide bonds. The van der Waals surface area contributed by atoms with Crippen LogP contribution in [0.4, 0.5) is 0 Å². The number of oxime groups is 1. The molecule has 16 heavy (non-hydrogen) atoms. The lowest BCUT2D eigenvalue weighted by Crippen LogP contribution is -2.29. The van der Waals surface area contributed by atoms with E-state index in [1.165, 1.54) is 5.56 Å². The van der Waals surface area contributed by atoms with E-state index in [0.29, 0.717) is 18.3 Å². The molecule has 0 spiro atoms. The Morgan fingerprint density at radius 3 is 3.12 bits per heavy atom. The first-order valence-corrected chi connectivity index (χ1v) is 6.37. The standard InChI is InChI=1S/C11H19N3OS/c1-9(7-10-4-6-16-8-10)13-5-2-3-11(12)14-15/h4,6,8-9,13,15H,2-3,5,7H2,1H3,(H2,12,14). The first-order valence-electron chi connectivity index (χ1n) is 5.43. The van der Waals surface area contributed by atoms with Gasteiger partial charge in [0, 0.05) is 12.5 Å². The summed E-state index contributed by atoms with van der Waals surface area (Å²) in [6.45, 7) is 3.06. The van der Waals surface area contributed by atoms with Crippen molar-refractivity contribution in [1.82, 2.24) is 5.32 Å². The SMILES string of the molecule is CC(Cc1ccsc1)NCCCC(N)=NO. The number of nitrogens with two attached hydrogens (primary N) is 1. The molecule has 0 saturated heterocycles. The van der Waals surface area contributed by atoms with Crippen molar-refractivity contribution in [3.8, 4) is 0 Å². The van der Waals surface area contributed by atoms with Crippen molar-refractivity contribution in [3.63, 3.8) is 0 Å². The third-order valence-corrected chi connectivity index (χ3v) is 3.08. The molecule has 0 bridgehead atoms. The molecule has 4 N–H and O–H groups in total. The van der Waals surface area contributed by atoms with Crippen LogP contribution in [0.15, 0.2) is 22.0 Å². The van der Waals surface area contributed by atoms with Gasteiger partial charge < -0.3 is 16.3 Å². The minimum absolute atomic E-state index is 0.298. The van der Waals surface area contributed by atoms with E-state index in [9.17, 15) is 0 Å². The Labute approximate surface area is 100 Å². The molecule has 90 valence electrons. The average Bonchev–Trinajstić information content (AvgIpc) is 2.76. The fourth-order valence-electron chi connectivity index (χ4n) is 1.50. The molecule has 1 unspecified atom stereocenters. The second kappa shape index (κ2) is 7.24. The molecule has 0 aliphatic carbocycles. The van der Waals surface area contributed by atoms with Crippen molar-refractivity contribution in [3.05, 3.63) is 22.4 Å². The molecule has 0 fully saturated rings. The van der Waals surface area contributed by atoms with Crippen molar-refractivity contribution in [1.29, 1.82) is 0 Å². The number of hydrogen-bond acceptors (Lipinski definition) is 4. The lowest BCUT2D eigenvalue weighted by molar-refractivity contribution is 0.316. The van der Waals surface area contributed by atoms with E-state index < -0.39 is 0 Å². The molecule has 4 nitrogen and oxygen atoms in total. The molecule has 0 saturated carbocycles. The molecule has 1 atom stereocenters. The predicted octanol–water partition coefficient (Wildman–Crippen LogP) is 1.80. The minimum Gasteiger partial charge on any atom is -0.409 e. The number of nitrogens with one attached hydrogen (secondary N) is 1. The molecule has 0 aliphatic heterocycles. The highest BCUT2D eigenvalue weighted by Gasteiger charge is 2.03. The third-order valence-electron chi connectivity index (χ3n) is 2.35. The van der Waals surface area contributed by atoms with Gasteiger partial charge in [0.1, 0.15) is 5.84 Å². The van der Waals surface area contributed by atoms with Crippen LogP contribution in [0.25, 0.3) is 0 Å². The summed E-state index contributed by atoms with van der Waals surface area (Å²) in [5, 5.41) is 19.0. The maximum atomic E-state index is 8.36. The van der Waals surface area contributed by atoms with Crippen molar-refractivity contribution < 1.29 is 5.21 Å². The van der Waals surface area contributed by atoms with Gasteiger partial charge in [0.15, 0.2) is 0 Å². The Kier molecular flexibility index (Phi) is 5.88. The van der Waals surface area contributed by atoms with Gasteiger partial charge in [0.2, 0.25) is 0 Å². The Balaban J connectivity index is 2.09. The minimum atomic E-state index is 0.298. The third kappa shape index (κ3) is 5.14. The van der Waals surface area contributed by atoms with Crippen molar-refractivity contribution in [2.75, 3.05) is 6.54 Å². The van der Waals surface area contributed by atoms with Crippen LogP contribution in [-0.2, 0) is 6.42 Å². The van der Waals surface area contributed by atoms with Crippen LogP contribution < -0.4 is 11.1 Å². The predicted molar refractivity (Wildman–Crippen MR) is 68.1 cm³/mol. The fraction of sp³-hybridized carbons (Fsp3) is 0.545. The van der Waals surface area contributed by atoms with E-state index in [1.54, 1.807) is 11.3 Å². The summed E-state index contributed by atoms with van der Waals surface area (Å²) in [6, 6.07) is 2.61. The van der Waals surface area contributed by atoms with E-state index in [0.717, 1.165) is 19.4 Å². The smallest absolute Gasteiger partial charge is 0.139 e. The summed E-state index contributed by atoms with van der Waals surface area (Å²) in [6.07, 6.45) is 2.58. The van der Waals surface area contributed by atoms with Crippen molar-refractivity contribution in [2.45, 2.75) is 32.2 Å². The van der Waals surface area contributed by atoms with Crippen molar-refractivity contribution >= 4 is 17.2 Å². The second-order valence-corrected chi connectivity index (χ2v) is 4.67. The molecule has 5 heteroatoms. The summed E-state index contributed by atoms with van der Waals surface area (Å²) in [4.78, 5) is 0. The van der Waals surface area contributed by atoms with Gasteiger partial charge >= 0.3 is 0 Å². The summed E-state index contributed by atoms with van der Waals surface area (Å²) >= 11 is 1.73. The summed E-state index contributed by atoms with van der Waals surface area (Å²) in [5.41, 5.74) is 6.75. The Morgan fingerprint density at radius 2 is 2.50 bits per heavy atom. The molecular weight excluding hydrogens is 222 g/mol. The van der Waals surface area contributed by atoms with Crippen LogP contribution >= 0.6 is 11.3 Å². The van der Waals surface area contributed by atoms with Gasteiger partial charge in [0.05, 0.1) is 0 Å². The number of thiophene rings is 1. The van der Waals surface area contributed by atoms with Crippen LogP contribution in [0, 0.1) is 0 Å². The van der Waals surface area contributed by atoms with Gasteiger partial charge in [-0.25, -0.2) is 0 Å². The van der Waals surface area contributed by atoms with Gasteiger partial charge in [-0.3, -0.25) is 0 Å². The molecule has 1 aromatic heterocycles. The Hall–Kier alpha value is -1.07. The maximum Gasteiger partial charge on any atom is 0.139 e. The maximum absolute atomic E-state index is 8.36. The van der Waals surface area contributed by atoms with Crippen molar-refractivity contribution in [2.24, 2.45) is 10.9 Å². The van der Waals surface area contributed by atoms with Crippen LogP contribution in [-0.4, -0.2) is 23.6 Å². The Morgan fingerprint density at radius 1 is 1.69 bits per heavy atom. The highest BCUT2D eigenvalue weighted by molar-refractivity contribution is 7.07. The van der Waals surface area contributed by atoms with Gasteiger partial charge in [0.25, 0.3) is 0 Å². The van der Waals surface area contributed by atoms with E-state index in [-0.39, 0.29) is 0 Å². The molecule has 0 aliphatic rings. The highest BCUT2D eigenvalue weighted by Crippen LogP contribution is 2.08. The molecule has 1 heterocycles. The zero-order chi connectivity index (χ0) is 11.8. The zero-order valence-electron chi connectivity index (χ0n) is 9.52. The van der Waals surface area contributed by atoms with Crippen LogP contribution in [0.5, 0.6) is 0 Å². The Bertz CT molecular complexity index is 311. The summed E-state index contributed by atoms with van der Waals surface area (Å²) < 4.78 is 0. The molecule has 1 aromatic rings. The van der Waals surface area contributed by atoms with Gasteiger partial charge in [-0.2, -0.15) is 11.3 Å². The van der Waals surface area contributed by atoms with Crippen LogP contribution in [0.1, 0.15) is 25.3 Å². The molecular formula is C11H19N3OS. The molecule has 1 rings (SSSR count). The number of hydrogen-bond donors (Lipinski definition) is 3. The average molecular weight is 241 g/mol. The van der Waals surface area contributed by atoms with Crippen LogP contribution in [0.2, 0.25) is 0 Å². The van der Waals surface area contributed by atoms with E-state index >= 15 is 0 Å². The van der Waals surface area contributed by atoms with Crippen LogP contribution in [0.3, 0.4) is 0 Å². The highest BCUT2D eigenvalue weighted by atomic mass is 32.1. The lowest BCUT2D eigenvalue weighted by atomic mass is 10.1. The summed E-state index contributed by atoms with van der Waals surface area (Å²) in [5.74, 6) is 0.298. The number of amidine groups is 1. The monoisotopic (exact) mass is 241 g/mol. The fourth-order valence-corrected chi connectivity index (χ4v) is 2.18.